The summed E-state index contributed by atoms with van der Waals surface area (Å²) in [5.41, 5.74) is 0.572. The molecule has 1 amide bonds. The summed E-state index contributed by atoms with van der Waals surface area (Å²) in [6, 6.07) is 6.76. The predicted octanol–water partition coefficient (Wildman–Crippen LogP) is 2.97. The fourth-order valence-electron chi connectivity index (χ4n) is 0.920. The number of hydrogen-bond donors (Lipinski definition) is 1. The van der Waals surface area contributed by atoms with E-state index in [1.54, 1.807) is 24.3 Å². The van der Waals surface area contributed by atoms with E-state index in [2.05, 4.69) is 17.2 Å². The van der Waals surface area contributed by atoms with Crippen LogP contribution in [0.3, 0.4) is 0 Å². The van der Waals surface area contributed by atoms with Crippen molar-refractivity contribution < 1.29 is 12.4 Å². The van der Waals surface area contributed by atoms with Crippen molar-refractivity contribution in [2.75, 3.05) is 17.8 Å². The number of amides is 1. The van der Waals surface area contributed by atoms with Crippen LogP contribution in [0.5, 0.6) is 0 Å². The van der Waals surface area contributed by atoms with Crippen LogP contribution in [-0.2, 0) is 4.74 Å². The Labute approximate surface area is 153 Å². The smallest absolute Gasteiger partial charge is 1.00 e. The molecule has 0 heterocycles. The van der Waals surface area contributed by atoms with Gasteiger partial charge in [-0.15, -0.1) is 11.6 Å². The molecule has 0 aliphatic rings. The number of benzene rings is 1. The molecule has 17 heavy (non-hydrogen) atoms. The molecule has 0 bridgehead atoms. The molecule has 1 aromatic rings. The molecule has 0 fully saturated rings. The van der Waals surface area contributed by atoms with Crippen LogP contribution in [0.1, 0.15) is 2.85 Å². The average Bonchev–Trinajstić information content (AvgIpc) is 2.24. The van der Waals surface area contributed by atoms with E-state index in [4.69, 9.17) is 27.9 Å². The molecule has 0 aliphatic carbocycles. The van der Waals surface area contributed by atoms with Gasteiger partial charge in [0, 0.05) is 10.7 Å². The summed E-state index contributed by atoms with van der Waals surface area (Å²) in [4.78, 5) is 11.2. The van der Waals surface area contributed by atoms with Gasteiger partial charge in [-0.05, 0) is 18.2 Å². The molecule has 6 heteroatoms. The van der Waals surface area contributed by atoms with Crippen molar-refractivity contribution >= 4 is 83.9 Å². The van der Waals surface area contributed by atoms with Crippen LogP contribution in [0, 0.1) is 11.8 Å². The van der Waals surface area contributed by atoms with Gasteiger partial charge in [0.05, 0.1) is 5.88 Å². The summed E-state index contributed by atoms with van der Waals surface area (Å²) >= 11 is 11.1. The third-order valence-corrected chi connectivity index (χ3v) is 1.91. The Bertz CT molecular complexity index is 438. The minimum Gasteiger partial charge on any atom is -1.00 e. The Morgan fingerprint density at radius 2 is 2.24 bits per heavy atom. The molecule has 1 N–H and O–H groups in total. The van der Waals surface area contributed by atoms with Gasteiger partial charge < -0.3 is 7.59 Å². The summed E-state index contributed by atoms with van der Waals surface area (Å²) < 4.78 is 4.76. The van der Waals surface area contributed by atoms with Crippen LogP contribution in [-0.4, -0.2) is 67.5 Å². The van der Waals surface area contributed by atoms with Gasteiger partial charge in [-0.3, -0.25) is 5.32 Å². The summed E-state index contributed by atoms with van der Waals surface area (Å²) in [5.74, 6) is 5.36. The molecular weight excluding hydrogens is 386 g/mol. The van der Waals surface area contributed by atoms with Crippen molar-refractivity contribution in [3.63, 3.8) is 0 Å². The Morgan fingerprint density at radius 1 is 1.47 bits per heavy atom. The van der Waals surface area contributed by atoms with Gasteiger partial charge in [-0.1, -0.05) is 29.5 Å². The van der Waals surface area contributed by atoms with Gasteiger partial charge in [0.1, 0.15) is 0 Å². The first-order valence-corrected chi connectivity index (χ1v) is 5.34. The number of rotatable bonds is 2. The van der Waals surface area contributed by atoms with E-state index < -0.39 is 6.09 Å². The molecule has 0 atom stereocenters. The fraction of sp³-hybridized carbons (Fsp3) is 0.182. The number of nitrogens with one attached hydrogen (secondary N) is 1. The van der Waals surface area contributed by atoms with E-state index in [0.29, 0.717) is 10.7 Å². The monoisotopic (exact) mass is 397 g/mol. The van der Waals surface area contributed by atoms with Gasteiger partial charge >= 0.3 is 55.0 Å². The van der Waals surface area contributed by atoms with Crippen molar-refractivity contribution in [3.05, 3.63) is 29.3 Å². The van der Waals surface area contributed by atoms with Crippen LogP contribution < -0.4 is 5.32 Å². The molecule has 0 spiro atoms. The predicted molar refractivity (Wildman–Crippen MR) is 72.9 cm³/mol. The first-order chi connectivity index (χ1) is 7.72. The largest absolute Gasteiger partial charge is 2.00 e. The van der Waals surface area contributed by atoms with E-state index in [9.17, 15) is 4.79 Å². The molecule has 3 nitrogen and oxygen atoms in total. The van der Waals surface area contributed by atoms with Crippen molar-refractivity contribution in [2.24, 2.45) is 0 Å². The van der Waals surface area contributed by atoms with Crippen molar-refractivity contribution in [2.45, 2.75) is 0 Å². The number of hydrogen-bond acceptors (Lipinski definition) is 2. The Hall–Kier alpha value is 0.201. The summed E-state index contributed by atoms with van der Waals surface area (Å²) in [6.07, 6.45) is -0.578. The topological polar surface area (TPSA) is 38.3 Å². The zero-order chi connectivity index (χ0) is 11.8. The zero-order valence-electron chi connectivity index (χ0n) is 11.0. The second-order valence-corrected chi connectivity index (χ2v) is 3.40. The molecule has 1 aromatic carbocycles. The number of ether oxygens (including phenoxy) is 1. The Kier molecular flexibility index (Phi) is 10.3. The van der Waals surface area contributed by atoms with Crippen LogP contribution in [0.2, 0.25) is 5.02 Å². The minimum atomic E-state index is -0.578. The maximum atomic E-state index is 11.2. The van der Waals surface area contributed by atoms with E-state index >= 15 is 0 Å². The summed E-state index contributed by atoms with van der Waals surface area (Å²) in [7, 11) is 0. The van der Waals surface area contributed by atoms with E-state index in [1.165, 1.54) is 0 Å². The van der Waals surface area contributed by atoms with Gasteiger partial charge in [0.15, 0.2) is 6.61 Å². The molecule has 0 unspecified atom stereocenters. The van der Waals surface area contributed by atoms with Crippen LogP contribution >= 0.6 is 23.2 Å². The maximum absolute atomic E-state index is 11.2. The molecule has 0 saturated carbocycles. The van der Waals surface area contributed by atoms with Crippen molar-refractivity contribution in [3.8, 4) is 11.8 Å². The van der Waals surface area contributed by atoms with Crippen LogP contribution in [0.4, 0.5) is 10.5 Å². The SMILES string of the molecule is O=C(Nc1cccc(Cl)c1)OCC#CCCl.[Ba+2].[H-].[H-]. The molecule has 1 rings (SSSR count). The molecule has 0 saturated heterocycles. The second kappa shape index (κ2) is 10.2. The molecule has 88 valence electrons. The third-order valence-electron chi connectivity index (χ3n) is 1.54. The Morgan fingerprint density at radius 3 is 2.88 bits per heavy atom. The van der Waals surface area contributed by atoms with Gasteiger partial charge in [0.25, 0.3) is 0 Å². The van der Waals surface area contributed by atoms with Crippen molar-refractivity contribution in [1.82, 2.24) is 0 Å². The first-order valence-electron chi connectivity index (χ1n) is 4.43. The number of carbonyl (C=O) groups excluding carboxylic acids is 1. The van der Waals surface area contributed by atoms with Gasteiger partial charge in [-0.25, -0.2) is 4.79 Å². The number of anilines is 1. The van der Waals surface area contributed by atoms with E-state index in [1.807, 2.05) is 0 Å². The molecule has 0 aromatic heterocycles. The maximum Gasteiger partial charge on any atom is 2.00 e. The summed E-state index contributed by atoms with van der Waals surface area (Å²) in [5, 5.41) is 3.05. The van der Waals surface area contributed by atoms with E-state index in [-0.39, 0.29) is 64.2 Å². The molecule has 0 aliphatic heterocycles. The van der Waals surface area contributed by atoms with Crippen LogP contribution in [0.15, 0.2) is 24.3 Å². The van der Waals surface area contributed by atoms with Gasteiger partial charge in [0.2, 0.25) is 0 Å². The van der Waals surface area contributed by atoms with Crippen molar-refractivity contribution in [1.29, 1.82) is 0 Å². The van der Waals surface area contributed by atoms with E-state index in [0.717, 1.165) is 0 Å². The number of halogens is 2. The first kappa shape index (κ1) is 17.2. The quantitative estimate of drug-likeness (QED) is 0.473. The molecule has 0 radical (unpaired) electrons. The Balaban J connectivity index is -0.000000853. The summed E-state index contributed by atoms with van der Waals surface area (Å²) in [6.45, 7) is 0.0130. The second-order valence-electron chi connectivity index (χ2n) is 2.70. The average molecular weight is 397 g/mol. The fourth-order valence-corrected chi connectivity index (χ4v) is 1.20. The van der Waals surface area contributed by atoms with Gasteiger partial charge in [-0.2, -0.15) is 0 Å². The standard InChI is InChI=1S/C11H9Cl2NO2.Ba.2H/c12-6-1-2-7-16-11(15)14-10-5-3-4-9(13)8-10;;;/h3-5,8H,6-7H2,(H,14,15);;;/q;+2;2*-1. The zero-order valence-corrected chi connectivity index (χ0v) is 15.0. The number of alkyl halides is 1. The molecular formula is C11H11BaCl2NO2. The van der Waals surface area contributed by atoms with Crippen LogP contribution in [0.25, 0.3) is 0 Å². The third kappa shape index (κ3) is 8.01. The number of carbonyl (C=O) groups is 1. The minimum absolute atomic E-state index is 0. The normalized spacial score (nSPS) is 8.35.